The molecule has 0 saturated heterocycles. The second-order valence-electron chi connectivity index (χ2n) is 4.41. The predicted molar refractivity (Wildman–Crippen MR) is 63.9 cm³/mol. The fourth-order valence-electron chi connectivity index (χ4n) is 1.78. The Morgan fingerprint density at radius 3 is 2.88 bits per heavy atom. The smallest absolute Gasteiger partial charge is 0.105 e. The SMILES string of the molecule is CCCNC(C)(C#N)CC(C)n1cccn1. The molecule has 0 amide bonds. The third-order valence-electron chi connectivity index (χ3n) is 2.69. The molecule has 2 unspecified atom stereocenters. The van der Waals surface area contributed by atoms with Crippen molar-refractivity contribution in [1.82, 2.24) is 15.1 Å². The zero-order valence-corrected chi connectivity index (χ0v) is 10.3. The lowest BCUT2D eigenvalue weighted by molar-refractivity contribution is 0.333. The summed E-state index contributed by atoms with van der Waals surface area (Å²) in [6, 6.07) is 4.48. The Hall–Kier alpha value is -1.34. The van der Waals surface area contributed by atoms with Crippen molar-refractivity contribution in [2.75, 3.05) is 6.54 Å². The van der Waals surface area contributed by atoms with Crippen LogP contribution in [0.1, 0.15) is 39.7 Å². The van der Waals surface area contributed by atoms with Gasteiger partial charge in [-0.05, 0) is 32.9 Å². The van der Waals surface area contributed by atoms with E-state index in [1.165, 1.54) is 0 Å². The molecule has 4 nitrogen and oxygen atoms in total. The zero-order chi connectivity index (χ0) is 12.0. The fourth-order valence-corrected chi connectivity index (χ4v) is 1.78. The number of rotatable bonds is 6. The van der Waals surface area contributed by atoms with Gasteiger partial charge in [-0.15, -0.1) is 0 Å². The first-order chi connectivity index (χ1) is 7.61. The van der Waals surface area contributed by atoms with Crippen molar-refractivity contribution in [2.45, 2.75) is 45.2 Å². The molecular formula is C12H20N4. The molecule has 4 heteroatoms. The molecule has 2 atom stereocenters. The van der Waals surface area contributed by atoms with Crippen molar-refractivity contribution in [3.63, 3.8) is 0 Å². The van der Waals surface area contributed by atoms with Crippen LogP contribution in [0.15, 0.2) is 18.5 Å². The molecule has 1 rings (SSSR count). The Balaban J connectivity index is 2.59. The topological polar surface area (TPSA) is 53.6 Å². The summed E-state index contributed by atoms with van der Waals surface area (Å²) in [5, 5.41) is 16.7. The van der Waals surface area contributed by atoms with E-state index in [9.17, 15) is 5.26 Å². The van der Waals surface area contributed by atoms with Crippen molar-refractivity contribution >= 4 is 0 Å². The normalized spacial score (nSPS) is 16.4. The highest BCUT2D eigenvalue weighted by Gasteiger charge is 2.26. The maximum absolute atomic E-state index is 9.22. The van der Waals surface area contributed by atoms with E-state index in [2.05, 4.69) is 30.3 Å². The van der Waals surface area contributed by atoms with E-state index in [4.69, 9.17) is 0 Å². The van der Waals surface area contributed by atoms with Gasteiger partial charge in [0, 0.05) is 18.8 Å². The van der Waals surface area contributed by atoms with Gasteiger partial charge in [-0.25, -0.2) is 0 Å². The van der Waals surface area contributed by atoms with Gasteiger partial charge in [0.25, 0.3) is 0 Å². The first-order valence-corrected chi connectivity index (χ1v) is 5.76. The predicted octanol–water partition coefficient (Wildman–Crippen LogP) is 2.12. The quantitative estimate of drug-likeness (QED) is 0.799. The Labute approximate surface area is 97.3 Å². The van der Waals surface area contributed by atoms with Crippen LogP contribution < -0.4 is 5.32 Å². The highest BCUT2D eigenvalue weighted by molar-refractivity contribution is 5.05. The molecule has 1 heterocycles. The maximum Gasteiger partial charge on any atom is 0.105 e. The second-order valence-corrected chi connectivity index (χ2v) is 4.41. The summed E-state index contributed by atoms with van der Waals surface area (Å²) in [5.74, 6) is 0. The molecule has 16 heavy (non-hydrogen) atoms. The van der Waals surface area contributed by atoms with Crippen molar-refractivity contribution in [3.05, 3.63) is 18.5 Å². The van der Waals surface area contributed by atoms with Crippen LogP contribution in [0, 0.1) is 11.3 Å². The van der Waals surface area contributed by atoms with Crippen LogP contribution in [0.2, 0.25) is 0 Å². The molecule has 0 bridgehead atoms. The molecule has 0 fully saturated rings. The van der Waals surface area contributed by atoms with Crippen LogP contribution in [-0.4, -0.2) is 21.9 Å². The van der Waals surface area contributed by atoms with E-state index >= 15 is 0 Å². The molecule has 88 valence electrons. The molecule has 0 aliphatic carbocycles. The number of nitrogens with zero attached hydrogens (tertiary/aromatic N) is 3. The highest BCUT2D eigenvalue weighted by atomic mass is 15.3. The molecule has 1 N–H and O–H groups in total. The molecule has 0 aliphatic rings. The van der Waals surface area contributed by atoms with Crippen LogP contribution in [0.25, 0.3) is 0 Å². The standard InChI is InChI=1S/C12H20N4/c1-4-6-14-12(3,10-13)9-11(2)16-8-5-7-15-16/h5,7-8,11,14H,4,6,9H2,1-3H3. The van der Waals surface area contributed by atoms with Crippen LogP contribution in [-0.2, 0) is 0 Å². The minimum absolute atomic E-state index is 0.226. The Bertz CT molecular complexity index is 338. The Morgan fingerprint density at radius 2 is 2.38 bits per heavy atom. The minimum atomic E-state index is -0.471. The number of nitriles is 1. The summed E-state index contributed by atoms with van der Waals surface area (Å²) >= 11 is 0. The first-order valence-electron chi connectivity index (χ1n) is 5.76. The van der Waals surface area contributed by atoms with Gasteiger partial charge < -0.3 is 0 Å². The third-order valence-corrected chi connectivity index (χ3v) is 2.69. The van der Waals surface area contributed by atoms with E-state index in [0.717, 1.165) is 19.4 Å². The van der Waals surface area contributed by atoms with Gasteiger partial charge >= 0.3 is 0 Å². The summed E-state index contributed by atoms with van der Waals surface area (Å²) in [4.78, 5) is 0. The molecule has 0 spiro atoms. The molecule has 0 saturated carbocycles. The molecule has 0 radical (unpaired) electrons. The summed E-state index contributed by atoms with van der Waals surface area (Å²) in [6.07, 6.45) is 5.49. The van der Waals surface area contributed by atoms with Gasteiger partial charge in [0.2, 0.25) is 0 Å². The average molecular weight is 220 g/mol. The average Bonchev–Trinajstić information content (AvgIpc) is 2.80. The highest BCUT2D eigenvalue weighted by Crippen LogP contribution is 2.19. The number of hydrogen-bond acceptors (Lipinski definition) is 3. The summed E-state index contributed by atoms with van der Waals surface area (Å²) < 4.78 is 1.89. The van der Waals surface area contributed by atoms with Crippen molar-refractivity contribution < 1.29 is 0 Å². The molecule has 1 aromatic heterocycles. The summed E-state index contributed by atoms with van der Waals surface area (Å²) in [6.45, 7) is 7.00. The van der Waals surface area contributed by atoms with Gasteiger partial charge in [0.15, 0.2) is 0 Å². The van der Waals surface area contributed by atoms with Crippen LogP contribution >= 0.6 is 0 Å². The molecule has 0 aliphatic heterocycles. The lowest BCUT2D eigenvalue weighted by atomic mass is 9.95. The minimum Gasteiger partial charge on any atom is -0.300 e. The summed E-state index contributed by atoms with van der Waals surface area (Å²) in [7, 11) is 0. The Morgan fingerprint density at radius 1 is 1.62 bits per heavy atom. The van der Waals surface area contributed by atoms with E-state index in [-0.39, 0.29) is 6.04 Å². The Kier molecular flexibility index (Phi) is 4.51. The first kappa shape index (κ1) is 12.7. The van der Waals surface area contributed by atoms with Gasteiger partial charge in [-0.3, -0.25) is 10.00 Å². The number of nitrogens with one attached hydrogen (secondary N) is 1. The fraction of sp³-hybridized carbons (Fsp3) is 0.667. The third kappa shape index (κ3) is 3.35. The van der Waals surface area contributed by atoms with Crippen molar-refractivity contribution in [3.8, 4) is 6.07 Å². The molecular weight excluding hydrogens is 200 g/mol. The number of hydrogen-bond donors (Lipinski definition) is 1. The largest absolute Gasteiger partial charge is 0.300 e. The maximum atomic E-state index is 9.22. The van der Waals surface area contributed by atoms with E-state index in [0.29, 0.717) is 0 Å². The lowest BCUT2D eigenvalue weighted by Gasteiger charge is -2.26. The van der Waals surface area contributed by atoms with E-state index in [1.54, 1.807) is 6.20 Å². The monoisotopic (exact) mass is 220 g/mol. The van der Waals surface area contributed by atoms with Crippen LogP contribution in [0.3, 0.4) is 0 Å². The van der Waals surface area contributed by atoms with Crippen LogP contribution in [0.5, 0.6) is 0 Å². The van der Waals surface area contributed by atoms with E-state index in [1.807, 2.05) is 23.9 Å². The van der Waals surface area contributed by atoms with Gasteiger partial charge in [-0.2, -0.15) is 10.4 Å². The second kappa shape index (κ2) is 5.66. The van der Waals surface area contributed by atoms with Gasteiger partial charge in [0.1, 0.15) is 5.54 Å². The van der Waals surface area contributed by atoms with Crippen molar-refractivity contribution in [2.24, 2.45) is 0 Å². The molecule has 0 aromatic carbocycles. The zero-order valence-electron chi connectivity index (χ0n) is 10.3. The van der Waals surface area contributed by atoms with E-state index < -0.39 is 5.54 Å². The lowest BCUT2D eigenvalue weighted by Crippen LogP contribution is -2.43. The van der Waals surface area contributed by atoms with Gasteiger partial charge in [0.05, 0.1) is 12.1 Å². The van der Waals surface area contributed by atoms with Crippen molar-refractivity contribution in [1.29, 1.82) is 5.26 Å². The molecule has 1 aromatic rings. The summed E-state index contributed by atoms with van der Waals surface area (Å²) in [5.41, 5.74) is -0.471. The van der Waals surface area contributed by atoms with Gasteiger partial charge in [-0.1, -0.05) is 6.92 Å². The number of aromatic nitrogens is 2. The van der Waals surface area contributed by atoms with Crippen LogP contribution in [0.4, 0.5) is 0 Å².